The third-order valence-electron chi connectivity index (χ3n) is 6.06. The van der Waals surface area contributed by atoms with Crippen molar-refractivity contribution in [2.75, 3.05) is 39.6 Å². The van der Waals surface area contributed by atoms with Crippen molar-refractivity contribution in [1.82, 2.24) is 10.6 Å². The summed E-state index contributed by atoms with van der Waals surface area (Å²) in [6.07, 6.45) is 1.82. The zero-order valence-corrected chi connectivity index (χ0v) is 21.7. The molecule has 4 rings (SSSR count). The molecule has 0 amide bonds. The number of ether oxygens (including phenoxy) is 3. The van der Waals surface area contributed by atoms with Crippen molar-refractivity contribution in [2.45, 2.75) is 37.7 Å². The maximum absolute atomic E-state index is 10.8. The fraction of sp³-hybridized carbons (Fsp3) is 0.522. The van der Waals surface area contributed by atoms with Crippen LogP contribution in [0.2, 0.25) is 0 Å². The molecule has 2 aliphatic rings. The van der Waals surface area contributed by atoms with Gasteiger partial charge in [-0.15, -0.1) is 24.0 Å². The summed E-state index contributed by atoms with van der Waals surface area (Å²) in [4.78, 5) is 4.68. The number of rotatable bonds is 7. The van der Waals surface area contributed by atoms with E-state index in [2.05, 4.69) is 27.8 Å². The van der Waals surface area contributed by atoms with Gasteiger partial charge < -0.3 is 30.0 Å². The van der Waals surface area contributed by atoms with Gasteiger partial charge in [0, 0.05) is 31.7 Å². The molecule has 1 unspecified atom stereocenters. The van der Waals surface area contributed by atoms with Crippen LogP contribution in [0, 0.1) is 0 Å². The number of guanidine groups is 1. The molecule has 0 saturated carbocycles. The number of nitrogens with zero attached hydrogens (tertiary/aromatic N) is 1. The molecule has 176 valence electrons. The Morgan fingerprint density at radius 1 is 1.19 bits per heavy atom. The number of hydrogen-bond donors (Lipinski definition) is 3. The van der Waals surface area contributed by atoms with Gasteiger partial charge >= 0.3 is 0 Å². The molecule has 2 aliphatic heterocycles. The standard InChI is InChI=1S/C23H31N3O4S.HI/c1-3-24-21(25-14-22(2,27)18-6-11-31-13-18)26-15-23(7-9-28-10-8-23)17-4-5-19-20(12-17)30-16-29-19;/h4-6,11-13,27H,3,7-10,14-16H2,1-2H3,(H2,24,25,26);1H. The van der Waals surface area contributed by atoms with Crippen molar-refractivity contribution in [3.8, 4) is 11.5 Å². The van der Waals surface area contributed by atoms with Gasteiger partial charge in [0.1, 0.15) is 5.60 Å². The first-order valence-corrected chi connectivity index (χ1v) is 11.7. The SMILES string of the molecule is CCNC(=NCC(C)(O)c1ccsc1)NCC1(c2ccc3c(c2)OCO3)CCOCC1.I. The highest BCUT2D eigenvalue weighted by molar-refractivity contribution is 14.0. The van der Waals surface area contributed by atoms with Crippen LogP contribution in [0.4, 0.5) is 0 Å². The van der Waals surface area contributed by atoms with Crippen LogP contribution in [0.25, 0.3) is 0 Å². The van der Waals surface area contributed by atoms with Crippen molar-refractivity contribution >= 4 is 41.3 Å². The first-order chi connectivity index (χ1) is 15.0. The van der Waals surface area contributed by atoms with Crippen molar-refractivity contribution in [3.05, 3.63) is 46.2 Å². The van der Waals surface area contributed by atoms with Crippen LogP contribution in [0.15, 0.2) is 40.0 Å². The van der Waals surface area contributed by atoms with E-state index in [9.17, 15) is 5.11 Å². The Balaban J connectivity index is 0.00000289. The first kappa shape index (κ1) is 25.1. The molecule has 2 aromatic rings. The number of fused-ring (bicyclic) bond motifs is 1. The Bertz CT molecular complexity index is 899. The van der Waals surface area contributed by atoms with Crippen LogP contribution in [0.3, 0.4) is 0 Å². The van der Waals surface area contributed by atoms with Crippen LogP contribution in [-0.4, -0.2) is 50.7 Å². The average molecular weight is 573 g/mol. The Morgan fingerprint density at radius 3 is 2.69 bits per heavy atom. The lowest BCUT2D eigenvalue weighted by atomic mass is 9.74. The molecule has 9 heteroatoms. The maximum atomic E-state index is 10.8. The third kappa shape index (κ3) is 5.67. The monoisotopic (exact) mass is 573 g/mol. The van der Waals surface area contributed by atoms with E-state index >= 15 is 0 Å². The zero-order chi connectivity index (χ0) is 21.7. The molecule has 0 aliphatic carbocycles. The van der Waals surface area contributed by atoms with Gasteiger partial charge in [-0.3, -0.25) is 0 Å². The normalized spacial score (nSPS) is 19.0. The van der Waals surface area contributed by atoms with E-state index in [1.165, 1.54) is 5.56 Å². The fourth-order valence-corrected chi connectivity index (χ4v) is 4.83. The molecule has 1 aromatic carbocycles. The van der Waals surface area contributed by atoms with E-state index in [-0.39, 0.29) is 42.7 Å². The van der Waals surface area contributed by atoms with Gasteiger partial charge in [0.15, 0.2) is 17.5 Å². The molecule has 0 bridgehead atoms. The molecule has 1 fully saturated rings. The molecular formula is C23H32IN3O4S. The minimum absolute atomic E-state index is 0. The minimum atomic E-state index is -1.00. The number of thiophene rings is 1. The Labute approximate surface area is 210 Å². The lowest BCUT2D eigenvalue weighted by Crippen LogP contribution is -2.48. The summed E-state index contributed by atoms with van der Waals surface area (Å²) >= 11 is 1.57. The molecule has 1 saturated heterocycles. The second-order valence-electron chi connectivity index (χ2n) is 8.30. The number of hydrogen-bond acceptors (Lipinski definition) is 6. The molecule has 1 aromatic heterocycles. The number of halogens is 1. The van der Waals surface area contributed by atoms with Gasteiger partial charge in [0.05, 0.1) is 6.54 Å². The topological polar surface area (TPSA) is 84.3 Å². The third-order valence-corrected chi connectivity index (χ3v) is 6.74. The zero-order valence-electron chi connectivity index (χ0n) is 18.6. The van der Waals surface area contributed by atoms with Crippen molar-refractivity contribution in [1.29, 1.82) is 0 Å². The van der Waals surface area contributed by atoms with E-state index in [1.807, 2.05) is 29.8 Å². The molecule has 0 radical (unpaired) electrons. The molecule has 0 spiro atoms. The summed E-state index contributed by atoms with van der Waals surface area (Å²) < 4.78 is 16.8. The van der Waals surface area contributed by atoms with Crippen LogP contribution in [0.1, 0.15) is 37.8 Å². The summed E-state index contributed by atoms with van der Waals surface area (Å²) in [5, 5.41) is 21.6. The molecule has 7 nitrogen and oxygen atoms in total. The predicted molar refractivity (Wildman–Crippen MR) is 138 cm³/mol. The second-order valence-corrected chi connectivity index (χ2v) is 9.08. The van der Waals surface area contributed by atoms with E-state index < -0.39 is 5.60 Å². The summed E-state index contributed by atoms with van der Waals surface area (Å²) in [7, 11) is 0. The average Bonchev–Trinajstić information content (AvgIpc) is 3.48. The van der Waals surface area contributed by atoms with Crippen molar-refractivity contribution < 1.29 is 19.3 Å². The maximum Gasteiger partial charge on any atom is 0.231 e. The highest BCUT2D eigenvalue weighted by Gasteiger charge is 2.36. The summed E-state index contributed by atoms with van der Waals surface area (Å²) in [5.74, 6) is 2.30. The highest BCUT2D eigenvalue weighted by atomic mass is 127. The molecule has 3 N–H and O–H groups in total. The quantitative estimate of drug-likeness (QED) is 0.267. The van der Waals surface area contributed by atoms with Gasteiger partial charge in [-0.2, -0.15) is 11.3 Å². The Kier molecular flexibility index (Phi) is 8.65. The Hall–Kier alpha value is -1.56. The number of nitrogens with one attached hydrogen (secondary N) is 2. The van der Waals surface area contributed by atoms with E-state index in [4.69, 9.17) is 14.2 Å². The molecule has 32 heavy (non-hydrogen) atoms. The number of aliphatic imine (C=N–C) groups is 1. The lowest BCUT2D eigenvalue weighted by Gasteiger charge is -2.38. The summed E-state index contributed by atoms with van der Waals surface area (Å²) in [6.45, 7) is 7.28. The highest BCUT2D eigenvalue weighted by Crippen LogP contribution is 2.40. The summed E-state index contributed by atoms with van der Waals surface area (Å²) in [5.41, 5.74) is 1.01. The van der Waals surface area contributed by atoms with Gasteiger partial charge in [-0.1, -0.05) is 6.07 Å². The van der Waals surface area contributed by atoms with Crippen molar-refractivity contribution in [3.63, 3.8) is 0 Å². The molecular weight excluding hydrogens is 541 g/mol. The second kappa shape index (κ2) is 11.0. The molecule has 1 atom stereocenters. The fourth-order valence-electron chi connectivity index (χ4n) is 4.05. The van der Waals surface area contributed by atoms with Crippen LogP contribution in [0.5, 0.6) is 11.5 Å². The van der Waals surface area contributed by atoms with Gasteiger partial charge in [-0.05, 0) is 66.8 Å². The van der Waals surface area contributed by atoms with Gasteiger partial charge in [-0.25, -0.2) is 4.99 Å². The first-order valence-electron chi connectivity index (χ1n) is 10.8. The summed E-state index contributed by atoms with van der Waals surface area (Å²) in [6, 6.07) is 8.16. The van der Waals surface area contributed by atoms with Gasteiger partial charge in [0.25, 0.3) is 0 Å². The van der Waals surface area contributed by atoms with Crippen molar-refractivity contribution in [2.24, 2.45) is 4.99 Å². The van der Waals surface area contributed by atoms with E-state index in [1.54, 1.807) is 18.3 Å². The largest absolute Gasteiger partial charge is 0.454 e. The van der Waals surface area contributed by atoms with E-state index in [0.29, 0.717) is 12.5 Å². The smallest absolute Gasteiger partial charge is 0.231 e. The molecule has 3 heterocycles. The number of benzene rings is 1. The van der Waals surface area contributed by atoms with Crippen LogP contribution in [-0.2, 0) is 15.8 Å². The number of aliphatic hydroxyl groups is 1. The lowest BCUT2D eigenvalue weighted by molar-refractivity contribution is 0.0512. The Morgan fingerprint density at radius 2 is 1.97 bits per heavy atom. The minimum Gasteiger partial charge on any atom is -0.454 e. The van der Waals surface area contributed by atoms with Crippen LogP contribution < -0.4 is 20.1 Å². The van der Waals surface area contributed by atoms with Gasteiger partial charge in [0.2, 0.25) is 6.79 Å². The van der Waals surface area contributed by atoms with E-state index in [0.717, 1.165) is 49.7 Å². The predicted octanol–water partition coefficient (Wildman–Crippen LogP) is 3.61. The van der Waals surface area contributed by atoms with Crippen LogP contribution >= 0.6 is 35.3 Å².